The van der Waals surface area contributed by atoms with Crippen LogP contribution < -0.4 is 0 Å². The van der Waals surface area contributed by atoms with Gasteiger partial charge in [-0.2, -0.15) is 0 Å². The van der Waals surface area contributed by atoms with Crippen molar-refractivity contribution in [2.24, 2.45) is 0 Å². The Morgan fingerprint density at radius 2 is 2.23 bits per heavy atom. The number of hydrogen-bond donors (Lipinski definition) is 0. The van der Waals surface area contributed by atoms with Crippen molar-refractivity contribution in [3.8, 4) is 5.82 Å². The van der Waals surface area contributed by atoms with E-state index in [1.165, 1.54) is 0 Å². The monoisotopic (exact) mass is 300 g/mol. The summed E-state index contributed by atoms with van der Waals surface area (Å²) in [5.74, 6) is 0.691. The summed E-state index contributed by atoms with van der Waals surface area (Å²) >= 11 is 0. The Morgan fingerprint density at radius 1 is 1.41 bits per heavy atom. The Balaban J connectivity index is 1.85. The average Bonchev–Trinajstić information content (AvgIpc) is 2.98. The van der Waals surface area contributed by atoms with Crippen molar-refractivity contribution in [2.75, 3.05) is 13.1 Å². The van der Waals surface area contributed by atoms with Gasteiger partial charge in [-0.3, -0.25) is 9.36 Å². The number of carbonyl (C=O) groups is 1. The molecular weight excluding hydrogens is 280 g/mol. The molecule has 1 unspecified atom stereocenters. The van der Waals surface area contributed by atoms with Crippen LogP contribution in [0.15, 0.2) is 37.1 Å². The molecule has 3 heterocycles. The van der Waals surface area contributed by atoms with Gasteiger partial charge >= 0.3 is 0 Å². The van der Waals surface area contributed by atoms with Crippen LogP contribution in [0.25, 0.3) is 5.82 Å². The van der Waals surface area contributed by atoms with E-state index in [0.29, 0.717) is 24.5 Å². The summed E-state index contributed by atoms with van der Waals surface area (Å²) in [7, 11) is 0. The van der Waals surface area contributed by atoms with Crippen molar-refractivity contribution in [3.63, 3.8) is 0 Å². The Bertz CT molecular complexity index is 667. The first kappa shape index (κ1) is 14.7. The Kier molecular flexibility index (Phi) is 3.70. The summed E-state index contributed by atoms with van der Waals surface area (Å²) in [6, 6.07) is 3.53. The number of aromatic nitrogens is 3. The molecule has 0 aromatic carbocycles. The molecular formula is C16H20N4O2. The number of rotatable bonds is 2. The minimum Gasteiger partial charge on any atom is -0.369 e. The van der Waals surface area contributed by atoms with Gasteiger partial charge in [0.1, 0.15) is 12.1 Å². The number of ether oxygens (including phenoxy) is 1. The molecule has 6 heteroatoms. The molecule has 1 aliphatic rings. The molecule has 3 rings (SSSR count). The van der Waals surface area contributed by atoms with Crippen LogP contribution in [0.5, 0.6) is 0 Å². The molecule has 1 amide bonds. The van der Waals surface area contributed by atoms with Gasteiger partial charge in [-0.1, -0.05) is 0 Å². The molecule has 6 nitrogen and oxygen atoms in total. The van der Waals surface area contributed by atoms with Gasteiger partial charge in [0, 0.05) is 37.2 Å². The van der Waals surface area contributed by atoms with E-state index in [4.69, 9.17) is 4.74 Å². The second kappa shape index (κ2) is 5.53. The smallest absolute Gasteiger partial charge is 0.254 e. The molecule has 116 valence electrons. The van der Waals surface area contributed by atoms with Crippen LogP contribution in [-0.4, -0.2) is 50.1 Å². The highest BCUT2D eigenvalue weighted by molar-refractivity contribution is 5.94. The van der Waals surface area contributed by atoms with Gasteiger partial charge in [0.25, 0.3) is 5.91 Å². The fourth-order valence-corrected chi connectivity index (χ4v) is 2.88. The summed E-state index contributed by atoms with van der Waals surface area (Å²) in [5, 5.41) is 0. The first-order valence-corrected chi connectivity index (χ1v) is 7.36. The zero-order valence-corrected chi connectivity index (χ0v) is 13.1. The number of imidazole rings is 1. The molecule has 0 saturated carbocycles. The lowest BCUT2D eigenvalue weighted by molar-refractivity contribution is -0.118. The average molecular weight is 300 g/mol. The van der Waals surface area contributed by atoms with Crippen LogP contribution in [0.2, 0.25) is 0 Å². The third-order valence-electron chi connectivity index (χ3n) is 3.62. The quantitative estimate of drug-likeness (QED) is 0.850. The lowest BCUT2D eigenvalue weighted by Gasteiger charge is -2.41. The molecule has 22 heavy (non-hydrogen) atoms. The highest BCUT2D eigenvalue weighted by Gasteiger charge is 2.34. The van der Waals surface area contributed by atoms with E-state index in [1.807, 2.05) is 25.7 Å². The van der Waals surface area contributed by atoms with E-state index in [-0.39, 0.29) is 17.6 Å². The predicted molar refractivity (Wildman–Crippen MR) is 81.9 cm³/mol. The third-order valence-corrected chi connectivity index (χ3v) is 3.62. The van der Waals surface area contributed by atoms with Crippen LogP contribution in [0.4, 0.5) is 0 Å². The fourth-order valence-electron chi connectivity index (χ4n) is 2.88. The maximum absolute atomic E-state index is 12.8. The molecule has 2 aromatic heterocycles. The van der Waals surface area contributed by atoms with E-state index < -0.39 is 0 Å². The van der Waals surface area contributed by atoms with Gasteiger partial charge in [-0.05, 0) is 32.9 Å². The number of pyridine rings is 1. The first-order chi connectivity index (χ1) is 10.4. The molecule has 1 saturated heterocycles. The van der Waals surface area contributed by atoms with Crippen LogP contribution in [0.3, 0.4) is 0 Å². The van der Waals surface area contributed by atoms with Gasteiger partial charge in [0.05, 0.1) is 11.7 Å². The molecule has 1 aliphatic heterocycles. The zero-order valence-electron chi connectivity index (χ0n) is 13.1. The summed E-state index contributed by atoms with van der Waals surface area (Å²) in [6.07, 6.45) is 6.83. The van der Waals surface area contributed by atoms with Crippen molar-refractivity contribution in [1.29, 1.82) is 0 Å². The van der Waals surface area contributed by atoms with E-state index in [1.54, 1.807) is 41.6 Å². The zero-order chi connectivity index (χ0) is 15.7. The van der Waals surface area contributed by atoms with E-state index in [0.717, 1.165) is 0 Å². The maximum Gasteiger partial charge on any atom is 0.254 e. The van der Waals surface area contributed by atoms with E-state index >= 15 is 0 Å². The Labute approximate surface area is 129 Å². The number of carbonyl (C=O) groups excluding carboxylic acids is 1. The van der Waals surface area contributed by atoms with Gasteiger partial charge in [-0.25, -0.2) is 9.97 Å². The topological polar surface area (TPSA) is 60.2 Å². The van der Waals surface area contributed by atoms with E-state index in [9.17, 15) is 4.79 Å². The largest absolute Gasteiger partial charge is 0.369 e. The second-order valence-electron chi connectivity index (χ2n) is 6.25. The lowest BCUT2D eigenvalue weighted by Crippen LogP contribution is -2.53. The Hall–Kier alpha value is -2.21. The van der Waals surface area contributed by atoms with Gasteiger partial charge in [-0.15, -0.1) is 0 Å². The third kappa shape index (κ3) is 3.01. The van der Waals surface area contributed by atoms with Crippen molar-refractivity contribution >= 4 is 5.91 Å². The van der Waals surface area contributed by atoms with Crippen LogP contribution in [0.1, 0.15) is 31.1 Å². The summed E-state index contributed by atoms with van der Waals surface area (Å²) in [4.78, 5) is 22.9. The van der Waals surface area contributed by atoms with Crippen molar-refractivity contribution in [1.82, 2.24) is 19.4 Å². The van der Waals surface area contributed by atoms with Gasteiger partial charge < -0.3 is 9.64 Å². The molecule has 0 bridgehead atoms. The van der Waals surface area contributed by atoms with Crippen molar-refractivity contribution < 1.29 is 9.53 Å². The predicted octanol–water partition coefficient (Wildman–Crippen LogP) is 1.91. The van der Waals surface area contributed by atoms with Crippen LogP contribution in [-0.2, 0) is 4.74 Å². The fraction of sp³-hybridized carbons (Fsp3) is 0.438. The highest BCUT2D eigenvalue weighted by atomic mass is 16.5. The highest BCUT2D eigenvalue weighted by Crippen LogP contribution is 2.22. The number of morpholine rings is 1. The van der Waals surface area contributed by atoms with Crippen molar-refractivity contribution in [3.05, 3.63) is 42.6 Å². The number of nitrogens with zero attached hydrogens (tertiary/aromatic N) is 4. The second-order valence-corrected chi connectivity index (χ2v) is 6.25. The van der Waals surface area contributed by atoms with Gasteiger partial charge in [0.2, 0.25) is 0 Å². The summed E-state index contributed by atoms with van der Waals surface area (Å²) < 4.78 is 7.63. The molecule has 1 atom stereocenters. The SMILES string of the molecule is CC1CN(C(=O)c2ccnc(-n3ccnc3)c2)CC(C)(C)O1. The van der Waals surface area contributed by atoms with E-state index in [2.05, 4.69) is 9.97 Å². The van der Waals surface area contributed by atoms with Gasteiger partial charge in [0.15, 0.2) is 0 Å². The molecule has 0 spiro atoms. The molecule has 0 N–H and O–H groups in total. The standard InChI is InChI=1S/C16H20N4O2/c1-12-9-20(10-16(2,3)22-12)15(21)13-4-5-18-14(8-13)19-7-6-17-11-19/h4-8,11-12H,9-10H2,1-3H3. The normalized spacial score (nSPS) is 20.9. The molecule has 1 fully saturated rings. The minimum atomic E-state index is -0.326. The summed E-state index contributed by atoms with van der Waals surface area (Å²) in [5.41, 5.74) is 0.302. The first-order valence-electron chi connectivity index (χ1n) is 7.36. The molecule has 0 radical (unpaired) electrons. The number of hydrogen-bond acceptors (Lipinski definition) is 4. The Morgan fingerprint density at radius 3 is 2.91 bits per heavy atom. The molecule has 0 aliphatic carbocycles. The maximum atomic E-state index is 12.8. The van der Waals surface area contributed by atoms with Crippen molar-refractivity contribution in [2.45, 2.75) is 32.5 Å². The number of amides is 1. The minimum absolute atomic E-state index is 0.00647. The molecule has 2 aromatic rings. The lowest BCUT2D eigenvalue weighted by atomic mass is 10.0. The van der Waals surface area contributed by atoms with Crippen LogP contribution in [0, 0.1) is 0 Å². The summed E-state index contributed by atoms with van der Waals surface area (Å²) in [6.45, 7) is 7.19. The van der Waals surface area contributed by atoms with Crippen LogP contribution >= 0.6 is 0 Å².